The molecule has 1 amide bonds. The number of carbonyl (C=O) groups is 2. The van der Waals surface area contributed by atoms with Gasteiger partial charge in [-0.25, -0.2) is 0 Å². The van der Waals surface area contributed by atoms with Gasteiger partial charge in [0.25, 0.3) is 11.7 Å². The Morgan fingerprint density at radius 3 is 2.59 bits per heavy atom. The maximum absolute atomic E-state index is 12.9. The Morgan fingerprint density at radius 2 is 1.93 bits per heavy atom. The van der Waals surface area contributed by atoms with Crippen molar-refractivity contribution < 1.29 is 19.1 Å². The molecule has 6 heteroatoms. The normalized spacial score (nSPS) is 18.4. The van der Waals surface area contributed by atoms with Crippen LogP contribution in [0.25, 0.3) is 5.76 Å². The summed E-state index contributed by atoms with van der Waals surface area (Å²) in [4.78, 5) is 31.4. The smallest absolute Gasteiger partial charge is 0.296 e. The van der Waals surface area contributed by atoms with E-state index in [-0.39, 0.29) is 17.9 Å². The number of aliphatic hydroxyl groups is 1. The van der Waals surface area contributed by atoms with Gasteiger partial charge in [0.1, 0.15) is 17.6 Å². The summed E-state index contributed by atoms with van der Waals surface area (Å²) in [7, 11) is 0. The fourth-order valence-electron chi connectivity index (χ4n) is 3.50. The first-order valence-electron chi connectivity index (χ1n) is 9.26. The predicted octanol–water partition coefficient (Wildman–Crippen LogP) is 3.91. The Labute approximate surface area is 168 Å². The van der Waals surface area contributed by atoms with Crippen molar-refractivity contribution in [2.24, 2.45) is 0 Å². The molecule has 146 valence electrons. The lowest BCUT2D eigenvalue weighted by atomic mass is 9.97. The molecule has 0 bridgehead atoms. The Hall–Kier alpha value is -3.67. The molecular weight excluding hydrogens is 368 g/mol. The lowest BCUT2D eigenvalue weighted by Gasteiger charge is -2.23. The fourth-order valence-corrected chi connectivity index (χ4v) is 3.50. The number of pyridine rings is 1. The van der Waals surface area contributed by atoms with E-state index in [2.05, 4.69) is 4.98 Å². The number of hydrogen-bond donors (Lipinski definition) is 1. The van der Waals surface area contributed by atoms with Crippen molar-refractivity contribution in [2.45, 2.75) is 26.4 Å². The van der Waals surface area contributed by atoms with Gasteiger partial charge in [0.05, 0.1) is 24.1 Å². The summed E-state index contributed by atoms with van der Waals surface area (Å²) in [6.07, 6.45) is 3.11. The van der Waals surface area contributed by atoms with Crippen molar-refractivity contribution in [1.82, 2.24) is 9.88 Å². The van der Waals surface area contributed by atoms with E-state index >= 15 is 0 Å². The van der Waals surface area contributed by atoms with E-state index in [0.717, 1.165) is 11.1 Å². The molecule has 0 spiro atoms. The summed E-state index contributed by atoms with van der Waals surface area (Å²) in [5, 5.41) is 11.0. The maximum Gasteiger partial charge on any atom is 0.296 e. The van der Waals surface area contributed by atoms with Crippen LogP contribution < -0.4 is 0 Å². The van der Waals surface area contributed by atoms with Crippen molar-refractivity contribution in [2.75, 3.05) is 0 Å². The van der Waals surface area contributed by atoms with Gasteiger partial charge in [-0.1, -0.05) is 18.2 Å². The summed E-state index contributed by atoms with van der Waals surface area (Å²) in [5.41, 5.74) is 3.19. The number of furan rings is 1. The molecule has 0 aliphatic carbocycles. The van der Waals surface area contributed by atoms with Crippen LogP contribution in [0.2, 0.25) is 0 Å². The highest BCUT2D eigenvalue weighted by molar-refractivity contribution is 6.46. The minimum Gasteiger partial charge on any atom is -0.507 e. The summed E-state index contributed by atoms with van der Waals surface area (Å²) in [6, 6.07) is 13.3. The number of rotatable bonds is 4. The quantitative estimate of drug-likeness (QED) is 0.416. The number of aryl methyl sites for hydroxylation is 2. The average molecular weight is 388 g/mol. The summed E-state index contributed by atoms with van der Waals surface area (Å²) < 4.78 is 5.53. The number of aromatic nitrogens is 1. The molecule has 1 atom stereocenters. The average Bonchev–Trinajstić information content (AvgIpc) is 3.33. The monoisotopic (exact) mass is 388 g/mol. The minimum atomic E-state index is -0.825. The number of benzene rings is 1. The second-order valence-corrected chi connectivity index (χ2v) is 7.06. The molecule has 0 radical (unpaired) electrons. The van der Waals surface area contributed by atoms with Crippen LogP contribution in [0, 0.1) is 13.8 Å². The van der Waals surface area contributed by atoms with Crippen LogP contribution in [-0.4, -0.2) is 26.7 Å². The first-order chi connectivity index (χ1) is 14.0. The molecule has 3 aromatic rings. The van der Waals surface area contributed by atoms with Gasteiger partial charge in [-0.2, -0.15) is 0 Å². The van der Waals surface area contributed by atoms with E-state index in [9.17, 15) is 14.7 Å². The number of hydrogen-bond acceptors (Lipinski definition) is 5. The second-order valence-electron chi connectivity index (χ2n) is 7.06. The van der Waals surface area contributed by atoms with Gasteiger partial charge in [0.15, 0.2) is 0 Å². The van der Waals surface area contributed by atoms with E-state index in [1.165, 1.54) is 11.2 Å². The Morgan fingerprint density at radius 1 is 1.10 bits per heavy atom. The molecule has 1 aliphatic rings. The molecule has 1 saturated heterocycles. The standard InChI is InChI=1S/C23H20N2O4/c1-14-8-9-16(12-15(14)2)21(26)19-20(18-7-5-11-29-18)25(23(28)22(19)27)13-17-6-3-4-10-24-17/h3-12,20,26H,13H2,1-2H3/b21-19-. The number of nitrogens with zero attached hydrogens (tertiary/aromatic N) is 2. The minimum absolute atomic E-state index is 0.0177. The van der Waals surface area contributed by atoms with Crippen LogP contribution in [0.1, 0.15) is 34.2 Å². The summed E-state index contributed by atoms with van der Waals surface area (Å²) >= 11 is 0. The van der Waals surface area contributed by atoms with Crippen molar-refractivity contribution >= 4 is 17.4 Å². The zero-order valence-electron chi connectivity index (χ0n) is 16.1. The molecule has 0 saturated carbocycles. The Kier molecular flexibility index (Phi) is 4.76. The van der Waals surface area contributed by atoms with Crippen LogP contribution in [0.3, 0.4) is 0 Å². The number of likely N-dealkylation sites (tertiary alicyclic amines) is 1. The first kappa shape index (κ1) is 18.7. The number of Topliss-reactive ketones (excluding diaryl/α,β-unsaturated/α-hetero) is 1. The van der Waals surface area contributed by atoms with Crippen LogP contribution in [-0.2, 0) is 16.1 Å². The molecule has 6 nitrogen and oxygen atoms in total. The SMILES string of the molecule is Cc1ccc(/C(O)=C2/C(=O)C(=O)N(Cc3ccccn3)C2c2ccco2)cc1C. The molecule has 1 aliphatic heterocycles. The van der Waals surface area contributed by atoms with E-state index in [0.29, 0.717) is 17.0 Å². The molecule has 1 unspecified atom stereocenters. The highest BCUT2D eigenvalue weighted by Gasteiger charge is 2.47. The Balaban J connectivity index is 1.84. The highest BCUT2D eigenvalue weighted by Crippen LogP contribution is 2.40. The predicted molar refractivity (Wildman–Crippen MR) is 107 cm³/mol. The Bertz CT molecular complexity index is 1100. The third kappa shape index (κ3) is 3.33. The third-order valence-corrected chi connectivity index (χ3v) is 5.19. The van der Waals surface area contributed by atoms with E-state index in [1.807, 2.05) is 26.0 Å². The molecule has 1 fully saturated rings. The van der Waals surface area contributed by atoms with Crippen LogP contribution in [0.4, 0.5) is 0 Å². The zero-order valence-corrected chi connectivity index (χ0v) is 16.1. The van der Waals surface area contributed by atoms with Gasteiger partial charge in [0.2, 0.25) is 0 Å². The fraction of sp³-hybridized carbons (Fsp3) is 0.174. The van der Waals surface area contributed by atoms with Gasteiger partial charge < -0.3 is 14.4 Å². The molecule has 1 N–H and O–H groups in total. The molecule has 1 aromatic carbocycles. The van der Waals surface area contributed by atoms with Gasteiger partial charge in [-0.05, 0) is 55.3 Å². The number of amides is 1. The summed E-state index contributed by atoms with van der Waals surface area (Å²) in [6.45, 7) is 4.02. The second kappa shape index (κ2) is 7.39. The van der Waals surface area contributed by atoms with Crippen LogP contribution >= 0.6 is 0 Å². The van der Waals surface area contributed by atoms with Crippen LogP contribution in [0.15, 0.2) is 71.0 Å². The third-order valence-electron chi connectivity index (χ3n) is 5.19. The first-order valence-corrected chi connectivity index (χ1v) is 9.26. The topological polar surface area (TPSA) is 83.6 Å². The molecule has 2 aromatic heterocycles. The van der Waals surface area contributed by atoms with Crippen molar-refractivity contribution in [3.63, 3.8) is 0 Å². The lowest BCUT2D eigenvalue weighted by Crippen LogP contribution is -2.29. The maximum atomic E-state index is 12.9. The van der Waals surface area contributed by atoms with Gasteiger partial charge in [-0.3, -0.25) is 14.6 Å². The van der Waals surface area contributed by atoms with Crippen LogP contribution in [0.5, 0.6) is 0 Å². The number of ketones is 1. The molecule has 3 heterocycles. The van der Waals surface area contributed by atoms with Crippen molar-refractivity contribution in [3.05, 3.63) is 94.7 Å². The van der Waals surface area contributed by atoms with E-state index in [4.69, 9.17) is 4.42 Å². The number of aliphatic hydroxyl groups excluding tert-OH is 1. The molecule has 29 heavy (non-hydrogen) atoms. The molecular formula is C23H20N2O4. The van der Waals surface area contributed by atoms with Gasteiger partial charge >= 0.3 is 0 Å². The lowest BCUT2D eigenvalue weighted by molar-refractivity contribution is -0.140. The zero-order chi connectivity index (χ0) is 20.5. The highest BCUT2D eigenvalue weighted by atomic mass is 16.3. The van der Waals surface area contributed by atoms with Gasteiger partial charge in [0, 0.05) is 11.8 Å². The van der Waals surface area contributed by atoms with E-state index in [1.54, 1.807) is 42.6 Å². The van der Waals surface area contributed by atoms with Crippen molar-refractivity contribution in [3.8, 4) is 0 Å². The number of carbonyl (C=O) groups excluding carboxylic acids is 2. The van der Waals surface area contributed by atoms with E-state index < -0.39 is 17.7 Å². The molecule has 4 rings (SSSR count). The van der Waals surface area contributed by atoms with Crippen molar-refractivity contribution in [1.29, 1.82) is 0 Å². The largest absolute Gasteiger partial charge is 0.507 e. The summed E-state index contributed by atoms with van der Waals surface area (Å²) in [5.74, 6) is -1.23. The van der Waals surface area contributed by atoms with Gasteiger partial charge in [-0.15, -0.1) is 0 Å².